The van der Waals surface area contributed by atoms with E-state index in [-0.39, 0.29) is 6.03 Å². The monoisotopic (exact) mass is 470 g/mol. The standard InChI is InChI=1S/C27H23ClN4O2/c1-3-18-12-14-22(15-13-18)32-17(2)23(24(29-27(32)33)20-10-7-11-21(28)16-20)26-30-25(31-34-26)19-8-5-4-6-9-19/h4-16,24H,3H2,1-2H3,(H,29,33). The second-order valence-electron chi connectivity index (χ2n) is 8.08. The highest BCUT2D eigenvalue weighted by molar-refractivity contribution is 6.30. The van der Waals surface area contributed by atoms with Crippen LogP contribution in [0.15, 0.2) is 89.1 Å². The molecule has 170 valence electrons. The lowest BCUT2D eigenvalue weighted by Crippen LogP contribution is -2.46. The lowest BCUT2D eigenvalue weighted by Gasteiger charge is -2.35. The van der Waals surface area contributed by atoms with Crippen molar-refractivity contribution in [1.29, 1.82) is 0 Å². The first-order valence-electron chi connectivity index (χ1n) is 11.1. The van der Waals surface area contributed by atoms with E-state index in [0.29, 0.717) is 22.4 Å². The number of aryl methyl sites for hydroxylation is 1. The topological polar surface area (TPSA) is 71.3 Å². The summed E-state index contributed by atoms with van der Waals surface area (Å²) in [4.78, 5) is 19.6. The summed E-state index contributed by atoms with van der Waals surface area (Å²) in [6.45, 7) is 3.99. The molecule has 7 heteroatoms. The van der Waals surface area contributed by atoms with E-state index in [2.05, 4.69) is 22.4 Å². The molecule has 0 bridgehead atoms. The first kappa shape index (κ1) is 21.9. The maximum atomic E-state index is 13.3. The van der Waals surface area contributed by atoms with Crippen molar-refractivity contribution in [2.24, 2.45) is 0 Å². The molecule has 1 atom stereocenters. The molecule has 2 heterocycles. The predicted octanol–water partition coefficient (Wildman–Crippen LogP) is 6.65. The number of rotatable bonds is 5. The molecule has 0 spiro atoms. The van der Waals surface area contributed by atoms with Crippen LogP contribution in [0.1, 0.15) is 36.9 Å². The number of urea groups is 1. The number of allylic oxidation sites excluding steroid dienone is 1. The van der Waals surface area contributed by atoms with Crippen molar-refractivity contribution in [1.82, 2.24) is 15.5 Å². The molecule has 34 heavy (non-hydrogen) atoms. The molecule has 0 aliphatic carbocycles. The highest BCUT2D eigenvalue weighted by Gasteiger charge is 2.36. The van der Waals surface area contributed by atoms with Crippen LogP contribution >= 0.6 is 11.6 Å². The van der Waals surface area contributed by atoms with Crippen molar-refractivity contribution < 1.29 is 9.32 Å². The van der Waals surface area contributed by atoms with Crippen molar-refractivity contribution in [3.05, 3.63) is 107 Å². The molecule has 1 N–H and O–H groups in total. The molecule has 2 amide bonds. The Bertz CT molecular complexity index is 1360. The van der Waals surface area contributed by atoms with Crippen LogP contribution in [0.2, 0.25) is 5.02 Å². The van der Waals surface area contributed by atoms with Gasteiger partial charge in [-0.3, -0.25) is 4.90 Å². The number of hydrogen-bond donors (Lipinski definition) is 1. The van der Waals surface area contributed by atoms with Gasteiger partial charge >= 0.3 is 6.03 Å². The quantitative estimate of drug-likeness (QED) is 0.354. The average molecular weight is 471 g/mol. The normalized spacial score (nSPS) is 16.0. The van der Waals surface area contributed by atoms with Crippen molar-refractivity contribution in [2.45, 2.75) is 26.3 Å². The summed E-state index contributed by atoms with van der Waals surface area (Å²) in [6.07, 6.45) is 0.924. The number of amides is 2. The second-order valence-corrected chi connectivity index (χ2v) is 8.52. The number of aromatic nitrogens is 2. The first-order valence-corrected chi connectivity index (χ1v) is 11.5. The smallest absolute Gasteiger partial charge is 0.326 e. The Hall–Kier alpha value is -3.90. The molecule has 3 aromatic carbocycles. The molecule has 0 radical (unpaired) electrons. The molecular weight excluding hydrogens is 448 g/mol. The van der Waals surface area contributed by atoms with E-state index in [1.807, 2.05) is 79.7 Å². The summed E-state index contributed by atoms with van der Waals surface area (Å²) >= 11 is 6.28. The van der Waals surface area contributed by atoms with E-state index >= 15 is 0 Å². The van der Waals surface area contributed by atoms with Gasteiger partial charge in [0.05, 0.1) is 17.3 Å². The molecule has 5 rings (SSSR count). The van der Waals surface area contributed by atoms with Gasteiger partial charge < -0.3 is 9.84 Å². The number of carbonyl (C=O) groups is 1. The zero-order valence-electron chi connectivity index (χ0n) is 18.8. The van der Waals surface area contributed by atoms with E-state index < -0.39 is 6.04 Å². The summed E-state index contributed by atoms with van der Waals surface area (Å²) in [5, 5.41) is 7.89. The molecule has 0 fully saturated rings. The van der Waals surface area contributed by atoms with Crippen LogP contribution in [0, 0.1) is 0 Å². The summed E-state index contributed by atoms with van der Waals surface area (Å²) in [6, 6.07) is 24.3. The van der Waals surface area contributed by atoms with Crippen LogP contribution in [-0.4, -0.2) is 16.2 Å². The summed E-state index contributed by atoms with van der Waals surface area (Å²) in [5.74, 6) is 0.827. The molecule has 0 saturated heterocycles. The molecule has 0 saturated carbocycles. The fourth-order valence-corrected chi connectivity index (χ4v) is 4.38. The van der Waals surface area contributed by atoms with E-state index in [0.717, 1.165) is 28.8 Å². The number of nitrogens with one attached hydrogen (secondary N) is 1. The minimum absolute atomic E-state index is 0.238. The zero-order valence-corrected chi connectivity index (χ0v) is 19.6. The zero-order chi connectivity index (χ0) is 23.7. The Balaban J connectivity index is 1.65. The van der Waals surface area contributed by atoms with Crippen molar-refractivity contribution in [2.75, 3.05) is 4.90 Å². The van der Waals surface area contributed by atoms with Gasteiger partial charge in [0.25, 0.3) is 5.89 Å². The molecule has 6 nitrogen and oxygen atoms in total. The van der Waals surface area contributed by atoms with Crippen LogP contribution in [0.5, 0.6) is 0 Å². The number of halogens is 1. The minimum Gasteiger partial charge on any atom is -0.334 e. The summed E-state index contributed by atoms with van der Waals surface area (Å²) in [7, 11) is 0. The predicted molar refractivity (Wildman–Crippen MR) is 133 cm³/mol. The number of anilines is 1. The molecule has 1 unspecified atom stereocenters. The van der Waals surface area contributed by atoms with Crippen LogP contribution in [-0.2, 0) is 6.42 Å². The van der Waals surface area contributed by atoms with Gasteiger partial charge in [-0.15, -0.1) is 0 Å². The number of benzene rings is 3. The first-order chi connectivity index (χ1) is 16.5. The van der Waals surface area contributed by atoms with Gasteiger partial charge in [0.15, 0.2) is 0 Å². The molecule has 4 aromatic rings. The molecular formula is C27H23ClN4O2. The summed E-state index contributed by atoms with van der Waals surface area (Å²) in [5.41, 5.74) is 5.07. The fourth-order valence-electron chi connectivity index (χ4n) is 4.19. The second kappa shape index (κ2) is 9.15. The van der Waals surface area contributed by atoms with Gasteiger partial charge in [0.2, 0.25) is 5.82 Å². The highest BCUT2D eigenvalue weighted by Crippen LogP contribution is 2.39. The Morgan fingerprint density at radius 2 is 1.79 bits per heavy atom. The third-order valence-electron chi connectivity index (χ3n) is 5.96. The van der Waals surface area contributed by atoms with Gasteiger partial charge in [-0.1, -0.05) is 78.3 Å². The van der Waals surface area contributed by atoms with Gasteiger partial charge in [0.1, 0.15) is 0 Å². The SMILES string of the molecule is CCc1ccc(N2C(=O)NC(c3cccc(Cl)c3)C(c3nc(-c4ccccc4)no3)=C2C)cc1. The average Bonchev–Trinajstić information content (AvgIpc) is 3.34. The summed E-state index contributed by atoms with van der Waals surface area (Å²) < 4.78 is 5.74. The van der Waals surface area contributed by atoms with Crippen molar-refractivity contribution in [3.63, 3.8) is 0 Å². The number of carbonyl (C=O) groups excluding carboxylic acids is 1. The van der Waals surface area contributed by atoms with E-state index in [4.69, 9.17) is 16.1 Å². The van der Waals surface area contributed by atoms with Gasteiger partial charge in [-0.25, -0.2) is 4.79 Å². The maximum Gasteiger partial charge on any atom is 0.326 e. The highest BCUT2D eigenvalue weighted by atomic mass is 35.5. The van der Waals surface area contributed by atoms with Crippen LogP contribution in [0.3, 0.4) is 0 Å². The molecule has 1 aliphatic rings. The number of nitrogens with zero attached hydrogens (tertiary/aromatic N) is 3. The van der Waals surface area contributed by atoms with Crippen molar-refractivity contribution >= 4 is 28.9 Å². The molecule has 1 aromatic heterocycles. The number of hydrogen-bond acceptors (Lipinski definition) is 4. The largest absolute Gasteiger partial charge is 0.334 e. The van der Waals surface area contributed by atoms with Crippen LogP contribution in [0.4, 0.5) is 10.5 Å². The third kappa shape index (κ3) is 4.08. The minimum atomic E-state index is -0.499. The lowest BCUT2D eigenvalue weighted by molar-refractivity contribution is 0.244. The maximum absolute atomic E-state index is 13.3. The van der Waals surface area contributed by atoms with E-state index in [1.165, 1.54) is 5.56 Å². The Morgan fingerprint density at radius 3 is 2.50 bits per heavy atom. The Kier molecular flexibility index (Phi) is 5.90. The third-order valence-corrected chi connectivity index (χ3v) is 6.19. The lowest BCUT2D eigenvalue weighted by atomic mass is 9.94. The van der Waals surface area contributed by atoms with E-state index in [9.17, 15) is 4.79 Å². The Morgan fingerprint density at radius 1 is 1.03 bits per heavy atom. The van der Waals surface area contributed by atoms with Crippen LogP contribution in [0.25, 0.3) is 17.0 Å². The fraction of sp³-hybridized carbons (Fsp3) is 0.148. The van der Waals surface area contributed by atoms with E-state index in [1.54, 1.807) is 11.0 Å². The van der Waals surface area contributed by atoms with Crippen LogP contribution < -0.4 is 10.2 Å². The van der Waals surface area contributed by atoms with Gasteiger partial charge in [0, 0.05) is 16.3 Å². The Labute approximate surface area is 202 Å². The van der Waals surface area contributed by atoms with Gasteiger partial charge in [-0.05, 0) is 48.7 Å². The molecule has 1 aliphatic heterocycles. The van der Waals surface area contributed by atoms with Crippen molar-refractivity contribution in [3.8, 4) is 11.4 Å². The van der Waals surface area contributed by atoms with Gasteiger partial charge in [-0.2, -0.15) is 4.98 Å².